The summed E-state index contributed by atoms with van der Waals surface area (Å²) in [6, 6.07) is 9.75. The molecule has 2 unspecified atom stereocenters. The molecule has 1 aliphatic heterocycles. The van der Waals surface area contributed by atoms with Gasteiger partial charge >= 0.3 is 0 Å². The van der Waals surface area contributed by atoms with Crippen LogP contribution in [0, 0.1) is 5.92 Å². The average molecular weight is 339 g/mol. The van der Waals surface area contributed by atoms with Crippen LogP contribution >= 0.6 is 0 Å². The fraction of sp³-hybridized carbons (Fsp3) is 0.400. The lowest BCUT2D eigenvalue weighted by atomic mass is 9.90. The molecule has 3 rings (SSSR count). The summed E-state index contributed by atoms with van der Waals surface area (Å²) in [5, 5.41) is 0. The molecule has 5 heteroatoms. The molecule has 0 saturated carbocycles. The van der Waals surface area contributed by atoms with Crippen LogP contribution < -0.4 is 10.5 Å². The van der Waals surface area contributed by atoms with Crippen molar-refractivity contribution in [2.45, 2.75) is 25.8 Å². The molecule has 1 amide bonds. The van der Waals surface area contributed by atoms with Gasteiger partial charge in [-0.2, -0.15) is 0 Å². The minimum atomic E-state index is 0.0184. The fourth-order valence-corrected chi connectivity index (χ4v) is 3.52. The molecule has 1 saturated heterocycles. The van der Waals surface area contributed by atoms with E-state index in [0.29, 0.717) is 18.0 Å². The molecule has 2 heterocycles. The highest BCUT2D eigenvalue weighted by Gasteiger charge is 2.31. The van der Waals surface area contributed by atoms with Crippen molar-refractivity contribution >= 4 is 5.91 Å². The summed E-state index contributed by atoms with van der Waals surface area (Å²) in [5.41, 5.74) is 8.46. The van der Waals surface area contributed by atoms with Crippen molar-refractivity contribution in [1.29, 1.82) is 0 Å². The first kappa shape index (κ1) is 17.4. The number of carbonyl (C=O) groups is 1. The Morgan fingerprint density at radius 2 is 2.04 bits per heavy atom. The van der Waals surface area contributed by atoms with Crippen molar-refractivity contribution < 1.29 is 9.53 Å². The van der Waals surface area contributed by atoms with Gasteiger partial charge < -0.3 is 15.4 Å². The monoisotopic (exact) mass is 339 g/mol. The van der Waals surface area contributed by atoms with E-state index in [4.69, 9.17) is 10.5 Å². The second kappa shape index (κ2) is 7.66. The maximum absolute atomic E-state index is 13.0. The molecule has 132 valence electrons. The molecule has 0 spiro atoms. The number of ether oxygens (including phenoxy) is 1. The summed E-state index contributed by atoms with van der Waals surface area (Å²) in [6.07, 6.45) is 5.56. The zero-order valence-electron chi connectivity index (χ0n) is 14.8. The van der Waals surface area contributed by atoms with Gasteiger partial charge in [0.15, 0.2) is 0 Å². The van der Waals surface area contributed by atoms with Crippen molar-refractivity contribution in [2.75, 3.05) is 20.2 Å². The lowest BCUT2D eigenvalue weighted by molar-refractivity contribution is 0.0532. The summed E-state index contributed by atoms with van der Waals surface area (Å²) in [6.45, 7) is 3.43. The Morgan fingerprint density at radius 1 is 1.28 bits per heavy atom. The Hall–Kier alpha value is -2.40. The van der Waals surface area contributed by atoms with Crippen molar-refractivity contribution in [1.82, 2.24) is 9.88 Å². The minimum Gasteiger partial charge on any atom is -0.497 e. The van der Waals surface area contributed by atoms with Crippen molar-refractivity contribution in [3.05, 3.63) is 48.3 Å². The zero-order chi connectivity index (χ0) is 17.8. The van der Waals surface area contributed by atoms with Gasteiger partial charge in [-0.15, -0.1) is 0 Å². The summed E-state index contributed by atoms with van der Waals surface area (Å²) in [5.74, 6) is 1.25. The Bertz CT molecular complexity index is 730. The predicted octanol–water partition coefficient (Wildman–Crippen LogP) is 2.96. The van der Waals surface area contributed by atoms with E-state index in [0.717, 1.165) is 36.3 Å². The Morgan fingerprint density at radius 3 is 2.72 bits per heavy atom. The highest BCUT2D eigenvalue weighted by atomic mass is 16.5. The van der Waals surface area contributed by atoms with Crippen molar-refractivity contribution in [3.63, 3.8) is 0 Å². The highest BCUT2D eigenvalue weighted by molar-refractivity contribution is 5.95. The molecule has 1 aromatic carbocycles. The second-order valence-electron chi connectivity index (χ2n) is 6.61. The molecule has 1 aliphatic rings. The number of piperidine rings is 1. The first-order chi connectivity index (χ1) is 12.1. The van der Waals surface area contributed by atoms with E-state index in [9.17, 15) is 4.79 Å². The van der Waals surface area contributed by atoms with Crippen LogP contribution in [0.5, 0.6) is 5.75 Å². The number of nitrogens with two attached hydrogens (primary N) is 1. The number of rotatable bonds is 4. The van der Waals surface area contributed by atoms with E-state index in [1.165, 1.54) is 0 Å². The molecule has 5 nitrogen and oxygen atoms in total. The predicted molar refractivity (Wildman–Crippen MR) is 98.5 cm³/mol. The molecule has 25 heavy (non-hydrogen) atoms. The number of hydrogen-bond donors (Lipinski definition) is 1. The molecule has 0 aliphatic carbocycles. The van der Waals surface area contributed by atoms with Gasteiger partial charge in [-0.1, -0.05) is 19.1 Å². The van der Waals surface area contributed by atoms with Crippen LogP contribution in [0.1, 0.15) is 30.1 Å². The number of amides is 1. The van der Waals surface area contributed by atoms with Gasteiger partial charge in [0, 0.05) is 37.1 Å². The van der Waals surface area contributed by atoms with Gasteiger partial charge in [-0.3, -0.25) is 9.78 Å². The van der Waals surface area contributed by atoms with E-state index in [-0.39, 0.29) is 11.9 Å². The quantitative estimate of drug-likeness (QED) is 0.930. The maximum Gasteiger partial charge on any atom is 0.255 e. The van der Waals surface area contributed by atoms with E-state index >= 15 is 0 Å². The second-order valence-corrected chi connectivity index (χ2v) is 6.61. The lowest BCUT2D eigenvalue weighted by Gasteiger charge is -2.39. The standard InChI is InChI=1S/C20H25N3O2/c1-14-4-3-9-23(19(14)11-21)20(24)17-10-16(12-22-13-17)15-5-7-18(25-2)8-6-15/h5-8,10,12-14,19H,3-4,9,11,21H2,1-2H3. The molecule has 0 radical (unpaired) electrons. The number of aromatic nitrogens is 1. The lowest BCUT2D eigenvalue weighted by Crippen LogP contribution is -2.51. The molecule has 1 aromatic heterocycles. The fourth-order valence-electron chi connectivity index (χ4n) is 3.52. The number of pyridine rings is 1. The van der Waals surface area contributed by atoms with Gasteiger partial charge in [0.25, 0.3) is 5.91 Å². The Balaban J connectivity index is 1.86. The summed E-state index contributed by atoms with van der Waals surface area (Å²) < 4.78 is 5.19. The van der Waals surface area contributed by atoms with Crippen molar-refractivity contribution in [3.8, 4) is 16.9 Å². The number of methoxy groups -OCH3 is 1. The normalized spacial score (nSPS) is 20.4. The third kappa shape index (κ3) is 3.66. The largest absolute Gasteiger partial charge is 0.497 e. The van der Waals surface area contributed by atoms with Crippen molar-refractivity contribution in [2.24, 2.45) is 11.7 Å². The third-order valence-electron chi connectivity index (χ3n) is 5.03. The smallest absolute Gasteiger partial charge is 0.255 e. The van der Waals surface area contributed by atoms with Crippen LogP contribution in [0.3, 0.4) is 0 Å². The summed E-state index contributed by atoms with van der Waals surface area (Å²) in [4.78, 5) is 19.2. The van der Waals surface area contributed by atoms with E-state index in [1.807, 2.05) is 35.2 Å². The number of nitrogens with zero attached hydrogens (tertiary/aromatic N) is 2. The minimum absolute atomic E-state index is 0.0184. The SMILES string of the molecule is COc1ccc(-c2cncc(C(=O)N3CCCC(C)C3CN)c2)cc1. The number of likely N-dealkylation sites (tertiary alicyclic amines) is 1. The topological polar surface area (TPSA) is 68.5 Å². The van der Waals surface area contributed by atoms with Gasteiger partial charge in [-0.25, -0.2) is 0 Å². The van der Waals surface area contributed by atoms with E-state index < -0.39 is 0 Å². The third-order valence-corrected chi connectivity index (χ3v) is 5.03. The number of hydrogen-bond acceptors (Lipinski definition) is 4. The van der Waals surface area contributed by atoms with Crippen LogP contribution in [0.4, 0.5) is 0 Å². The van der Waals surface area contributed by atoms with Crippen LogP contribution in [-0.2, 0) is 0 Å². The van der Waals surface area contributed by atoms with E-state index in [2.05, 4.69) is 11.9 Å². The Labute approximate surface area is 148 Å². The van der Waals surface area contributed by atoms with Gasteiger partial charge in [-0.05, 0) is 42.5 Å². The first-order valence-electron chi connectivity index (χ1n) is 8.74. The Kier molecular flexibility index (Phi) is 5.34. The number of benzene rings is 1. The van der Waals surface area contributed by atoms with Gasteiger partial charge in [0.1, 0.15) is 5.75 Å². The van der Waals surface area contributed by atoms with Crippen LogP contribution in [0.2, 0.25) is 0 Å². The molecule has 1 fully saturated rings. The molecule has 2 N–H and O–H groups in total. The van der Waals surface area contributed by atoms with Crippen LogP contribution in [-0.4, -0.2) is 42.0 Å². The maximum atomic E-state index is 13.0. The van der Waals surface area contributed by atoms with Crippen LogP contribution in [0.15, 0.2) is 42.7 Å². The first-order valence-corrected chi connectivity index (χ1v) is 8.74. The zero-order valence-corrected chi connectivity index (χ0v) is 14.8. The summed E-state index contributed by atoms with van der Waals surface area (Å²) in [7, 11) is 1.64. The van der Waals surface area contributed by atoms with E-state index in [1.54, 1.807) is 19.5 Å². The molecule has 2 atom stereocenters. The van der Waals surface area contributed by atoms with Gasteiger partial charge in [0.2, 0.25) is 0 Å². The number of carbonyl (C=O) groups excluding carboxylic acids is 1. The average Bonchev–Trinajstić information content (AvgIpc) is 2.67. The van der Waals surface area contributed by atoms with Gasteiger partial charge in [0.05, 0.1) is 12.7 Å². The van der Waals surface area contributed by atoms with Crippen LogP contribution in [0.25, 0.3) is 11.1 Å². The summed E-state index contributed by atoms with van der Waals surface area (Å²) >= 11 is 0. The molecule has 0 bridgehead atoms. The highest BCUT2D eigenvalue weighted by Crippen LogP contribution is 2.26. The molecular weight excluding hydrogens is 314 g/mol. The molecular formula is C20H25N3O2. The molecule has 2 aromatic rings.